The Morgan fingerprint density at radius 2 is 1.12 bits per heavy atom. The fourth-order valence-corrected chi connectivity index (χ4v) is 8.57. The fourth-order valence-electron chi connectivity index (χ4n) is 3.66. The number of benzene rings is 3. The summed E-state index contributed by atoms with van der Waals surface area (Å²) in [6, 6.07) is 31.5. The van der Waals surface area contributed by atoms with E-state index in [1.54, 1.807) is 6.92 Å². The number of rotatable bonds is 6. The van der Waals surface area contributed by atoms with E-state index in [1.807, 2.05) is 18.2 Å². The molecular weight excluding hydrogens is 335 g/mol. The van der Waals surface area contributed by atoms with Crippen LogP contribution in [0.5, 0.6) is 0 Å². The Labute approximate surface area is 156 Å². The van der Waals surface area contributed by atoms with Gasteiger partial charge in [0.1, 0.15) is 0 Å². The second-order valence-electron chi connectivity index (χ2n) is 6.38. The van der Waals surface area contributed by atoms with Gasteiger partial charge in [-0.15, -0.1) is 0 Å². The van der Waals surface area contributed by atoms with Crippen molar-refractivity contribution in [1.29, 1.82) is 0 Å². The average Bonchev–Trinajstić information content (AvgIpc) is 2.70. The zero-order chi connectivity index (χ0) is 18.4. The number of carbonyl (C=O) groups is 1. The molecule has 0 N–H and O–H groups in total. The van der Waals surface area contributed by atoms with E-state index < -0.39 is 7.26 Å². The van der Waals surface area contributed by atoms with E-state index in [1.165, 1.54) is 15.9 Å². The summed E-state index contributed by atoms with van der Waals surface area (Å²) in [5.74, 6) is 0.135. The number of Topliss-reactive ketones (excluding diaryl/α,β-unsaturated/α-hetero) is 1. The maximum atomic E-state index is 12.1. The zero-order valence-electron chi connectivity index (χ0n) is 15.0. The molecular formula is C24H23OP. The Bertz CT molecular complexity index is 827. The zero-order valence-corrected chi connectivity index (χ0v) is 16.0. The first-order valence-corrected chi connectivity index (χ1v) is 10.7. The van der Waals surface area contributed by atoms with Crippen LogP contribution < -0.4 is 15.9 Å². The van der Waals surface area contributed by atoms with Crippen LogP contribution in [0.25, 0.3) is 0 Å². The van der Waals surface area contributed by atoms with Gasteiger partial charge in [0.15, 0.2) is 0 Å². The SMILES string of the molecule is C=C=C(CC(C)=O)[PH](c1ccccc1)(c1ccccc1)c1ccccc1. The molecule has 0 aromatic heterocycles. The monoisotopic (exact) mass is 358 g/mol. The summed E-state index contributed by atoms with van der Waals surface area (Å²) in [6.07, 6.45) is 0.369. The molecule has 3 aromatic rings. The topological polar surface area (TPSA) is 17.1 Å². The first kappa shape index (κ1) is 18.1. The van der Waals surface area contributed by atoms with Gasteiger partial charge in [0, 0.05) is 0 Å². The molecule has 0 heterocycles. The predicted octanol–water partition coefficient (Wildman–Crippen LogP) is 4.36. The summed E-state index contributed by atoms with van der Waals surface area (Å²) in [7, 11) is -2.59. The number of ketones is 1. The number of carbonyl (C=O) groups excluding carboxylic acids is 1. The van der Waals surface area contributed by atoms with Gasteiger partial charge in [-0.2, -0.15) is 0 Å². The molecule has 3 rings (SSSR count). The van der Waals surface area contributed by atoms with E-state index in [0.717, 1.165) is 5.31 Å². The van der Waals surface area contributed by atoms with Gasteiger partial charge in [-0.1, -0.05) is 0 Å². The molecule has 0 spiro atoms. The summed E-state index contributed by atoms with van der Waals surface area (Å²) in [4.78, 5) is 12.1. The van der Waals surface area contributed by atoms with Crippen molar-refractivity contribution in [2.75, 3.05) is 0 Å². The molecule has 0 saturated heterocycles. The Kier molecular flexibility index (Phi) is 5.64. The van der Waals surface area contributed by atoms with Crippen molar-refractivity contribution in [1.82, 2.24) is 0 Å². The van der Waals surface area contributed by atoms with E-state index in [0.29, 0.717) is 6.42 Å². The van der Waals surface area contributed by atoms with Crippen LogP contribution >= 0.6 is 7.26 Å². The third kappa shape index (κ3) is 3.33. The predicted molar refractivity (Wildman–Crippen MR) is 114 cm³/mol. The Balaban J connectivity index is 2.43. The number of hydrogen-bond acceptors (Lipinski definition) is 1. The third-order valence-electron chi connectivity index (χ3n) is 4.71. The summed E-state index contributed by atoms with van der Waals surface area (Å²) >= 11 is 0. The minimum absolute atomic E-state index is 0.135. The quantitative estimate of drug-likeness (QED) is 0.473. The molecule has 0 aliphatic rings. The maximum absolute atomic E-state index is 12.1. The molecule has 0 aliphatic carbocycles. The van der Waals surface area contributed by atoms with E-state index in [4.69, 9.17) is 0 Å². The van der Waals surface area contributed by atoms with Gasteiger partial charge in [0.25, 0.3) is 0 Å². The third-order valence-corrected chi connectivity index (χ3v) is 9.57. The van der Waals surface area contributed by atoms with Crippen molar-refractivity contribution < 1.29 is 4.79 Å². The molecule has 1 nitrogen and oxygen atoms in total. The Morgan fingerprint density at radius 1 is 0.769 bits per heavy atom. The van der Waals surface area contributed by atoms with Crippen molar-refractivity contribution in [3.05, 3.63) is 109 Å². The van der Waals surface area contributed by atoms with Crippen LogP contribution in [0, 0.1) is 0 Å². The molecule has 2 heteroatoms. The normalized spacial score (nSPS) is 11.4. The minimum atomic E-state index is -2.59. The molecule has 130 valence electrons. The molecule has 0 radical (unpaired) electrons. The second-order valence-corrected chi connectivity index (χ2v) is 10.2. The van der Waals surface area contributed by atoms with Crippen molar-refractivity contribution >= 4 is 29.0 Å². The van der Waals surface area contributed by atoms with Gasteiger partial charge in [-0.05, 0) is 0 Å². The average molecular weight is 358 g/mol. The van der Waals surface area contributed by atoms with Crippen molar-refractivity contribution in [2.45, 2.75) is 13.3 Å². The number of allylic oxidation sites excluding steroid dienone is 1. The fraction of sp³-hybridized carbons (Fsp3) is 0.0833. The molecule has 0 unspecified atom stereocenters. The molecule has 0 fully saturated rings. The van der Waals surface area contributed by atoms with Crippen molar-refractivity contribution in [3.8, 4) is 0 Å². The van der Waals surface area contributed by atoms with Crippen LogP contribution in [-0.4, -0.2) is 5.78 Å². The van der Waals surface area contributed by atoms with Gasteiger partial charge in [-0.25, -0.2) is 0 Å². The van der Waals surface area contributed by atoms with Crippen LogP contribution in [0.4, 0.5) is 0 Å². The second kappa shape index (κ2) is 8.11. The van der Waals surface area contributed by atoms with Crippen LogP contribution in [-0.2, 0) is 4.79 Å². The van der Waals surface area contributed by atoms with Crippen molar-refractivity contribution in [2.24, 2.45) is 0 Å². The molecule has 26 heavy (non-hydrogen) atoms. The summed E-state index contributed by atoms with van der Waals surface area (Å²) < 4.78 is 0. The Hall–Kier alpha value is -2.72. The number of hydrogen-bond donors (Lipinski definition) is 0. The van der Waals surface area contributed by atoms with Crippen LogP contribution in [0.1, 0.15) is 13.3 Å². The van der Waals surface area contributed by atoms with Crippen LogP contribution in [0.3, 0.4) is 0 Å². The molecule has 0 amide bonds. The molecule has 0 bridgehead atoms. The van der Waals surface area contributed by atoms with E-state index >= 15 is 0 Å². The summed E-state index contributed by atoms with van der Waals surface area (Å²) in [5, 5.41) is 4.73. The van der Waals surface area contributed by atoms with Crippen LogP contribution in [0.15, 0.2) is 109 Å². The van der Waals surface area contributed by atoms with Crippen LogP contribution in [0.2, 0.25) is 0 Å². The van der Waals surface area contributed by atoms with E-state index in [-0.39, 0.29) is 5.78 Å². The van der Waals surface area contributed by atoms with Crippen molar-refractivity contribution in [3.63, 3.8) is 0 Å². The summed E-state index contributed by atoms with van der Waals surface area (Å²) in [5.41, 5.74) is 3.18. The molecule has 0 saturated carbocycles. The first-order chi connectivity index (χ1) is 12.7. The van der Waals surface area contributed by atoms with Gasteiger partial charge in [0.2, 0.25) is 0 Å². The van der Waals surface area contributed by atoms with Gasteiger partial charge >= 0.3 is 156 Å². The first-order valence-electron chi connectivity index (χ1n) is 8.75. The summed E-state index contributed by atoms with van der Waals surface area (Å²) in [6.45, 7) is 5.61. The standard InChI is InChI=1S/C24H23OP/c1-3-21(19-20(2)25)26(22-13-7-4-8-14-22,23-15-9-5-10-16-23)24-17-11-6-12-18-24/h4-18,26H,1,19H2,2H3. The van der Waals surface area contributed by atoms with E-state index in [2.05, 4.69) is 85.1 Å². The van der Waals surface area contributed by atoms with Gasteiger partial charge in [0.05, 0.1) is 0 Å². The van der Waals surface area contributed by atoms with E-state index in [9.17, 15) is 4.79 Å². The molecule has 0 aliphatic heterocycles. The molecule has 0 atom stereocenters. The Morgan fingerprint density at radius 3 is 1.38 bits per heavy atom. The molecule has 3 aromatic carbocycles. The van der Waals surface area contributed by atoms with Gasteiger partial charge < -0.3 is 0 Å². The van der Waals surface area contributed by atoms with Gasteiger partial charge in [-0.3, -0.25) is 0 Å².